The van der Waals surface area contributed by atoms with Crippen LogP contribution in [0.4, 0.5) is 11.4 Å². The molecule has 0 spiro atoms. The fourth-order valence-electron chi connectivity index (χ4n) is 1.91. The van der Waals surface area contributed by atoms with Gasteiger partial charge < -0.3 is 15.4 Å². The van der Waals surface area contributed by atoms with E-state index in [1.165, 1.54) is 14.0 Å². The van der Waals surface area contributed by atoms with Gasteiger partial charge in [-0.3, -0.25) is 9.59 Å². The number of benzene rings is 2. The summed E-state index contributed by atoms with van der Waals surface area (Å²) in [5.74, 6) is 0.0248. The molecule has 2 aromatic carbocycles. The fourth-order valence-corrected chi connectivity index (χ4v) is 2.55. The lowest BCUT2D eigenvalue weighted by atomic mass is 10.2. The Kier molecular flexibility index (Phi) is 5.84. The van der Waals surface area contributed by atoms with Crippen molar-refractivity contribution in [3.63, 3.8) is 0 Å². The predicted octanol–water partition coefficient (Wildman–Crippen LogP) is 4.16. The van der Waals surface area contributed by atoms with E-state index < -0.39 is 0 Å². The zero-order valence-corrected chi connectivity index (χ0v) is 15.4. The number of carbonyl (C=O) groups excluding carboxylic acids is 2. The van der Waals surface area contributed by atoms with Gasteiger partial charge in [0, 0.05) is 21.7 Å². The molecule has 2 N–H and O–H groups in total. The second-order valence-corrected chi connectivity index (χ2v) is 6.25. The van der Waals surface area contributed by atoms with E-state index in [1.807, 2.05) is 0 Å². The van der Waals surface area contributed by atoms with Crippen LogP contribution in [0.5, 0.6) is 5.75 Å². The molecule has 0 radical (unpaired) electrons. The van der Waals surface area contributed by atoms with E-state index in [0.717, 1.165) is 3.57 Å². The van der Waals surface area contributed by atoms with Crippen LogP contribution in [0.15, 0.2) is 36.4 Å². The van der Waals surface area contributed by atoms with Crippen molar-refractivity contribution in [1.29, 1.82) is 0 Å². The van der Waals surface area contributed by atoms with Crippen LogP contribution in [-0.2, 0) is 4.79 Å². The summed E-state index contributed by atoms with van der Waals surface area (Å²) in [6, 6.07) is 10.0. The van der Waals surface area contributed by atoms with E-state index >= 15 is 0 Å². The second kappa shape index (κ2) is 7.65. The summed E-state index contributed by atoms with van der Waals surface area (Å²) in [4.78, 5) is 23.5. The van der Waals surface area contributed by atoms with E-state index in [9.17, 15) is 9.59 Å². The Labute approximate surface area is 152 Å². The minimum absolute atomic E-state index is 0.223. The van der Waals surface area contributed by atoms with Gasteiger partial charge in [-0.15, -0.1) is 0 Å². The highest BCUT2D eigenvalue weighted by atomic mass is 127. The molecule has 2 aromatic rings. The van der Waals surface area contributed by atoms with Gasteiger partial charge in [0.15, 0.2) is 0 Å². The minimum atomic E-state index is -0.265. The summed E-state index contributed by atoms with van der Waals surface area (Å²) in [6.45, 7) is 1.40. The molecule has 2 rings (SSSR count). The average Bonchev–Trinajstić information content (AvgIpc) is 2.49. The number of carbonyl (C=O) groups is 2. The van der Waals surface area contributed by atoms with Crippen molar-refractivity contribution in [3.05, 3.63) is 50.6 Å². The molecular formula is C16H14ClIN2O3. The molecule has 0 unspecified atom stereocenters. The van der Waals surface area contributed by atoms with Gasteiger partial charge in [0.05, 0.1) is 17.8 Å². The average molecular weight is 445 g/mol. The molecule has 2 amide bonds. The molecule has 0 saturated heterocycles. The quantitative estimate of drug-likeness (QED) is 0.696. The second-order valence-electron chi connectivity index (χ2n) is 4.68. The fraction of sp³-hybridized carbons (Fsp3) is 0.125. The van der Waals surface area contributed by atoms with E-state index in [-0.39, 0.29) is 11.8 Å². The lowest BCUT2D eigenvalue weighted by Gasteiger charge is -2.12. The maximum absolute atomic E-state index is 12.3. The summed E-state index contributed by atoms with van der Waals surface area (Å²) in [5.41, 5.74) is 1.53. The lowest BCUT2D eigenvalue weighted by Crippen LogP contribution is -2.13. The molecule has 0 atom stereocenters. The highest BCUT2D eigenvalue weighted by molar-refractivity contribution is 14.1. The Morgan fingerprint density at radius 1 is 1.13 bits per heavy atom. The smallest absolute Gasteiger partial charge is 0.255 e. The van der Waals surface area contributed by atoms with Crippen molar-refractivity contribution in [3.8, 4) is 5.75 Å². The van der Waals surface area contributed by atoms with Gasteiger partial charge in [0.2, 0.25) is 5.91 Å². The first-order valence-corrected chi connectivity index (χ1v) is 8.08. The molecule has 120 valence electrons. The molecule has 0 saturated carbocycles. The third-order valence-corrected chi connectivity index (χ3v) is 4.49. The zero-order valence-electron chi connectivity index (χ0n) is 12.4. The Morgan fingerprint density at radius 3 is 2.48 bits per heavy atom. The van der Waals surface area contributed by atoms with Gasteiger partial charge in [-0.1, -0.05) is 11.6 Å². The molecular weight excluding hydrogens is 431 g/mol. The summed E-state index contributed by atoms with van der Waals surface area (Å²) >= 11 is 8.02. The largest absolute Gasteiger partial charge is 0.495 e. The first kappa shape index (κ1) is 17.6. The standard InChI is InChI=1S/C16H14ClIN2O3/c1-9(21)19-14-8-11(4-6-15(14)23-2)20-16(22)10-3-5-12(17)13(18)7-10/h3-8H,1-2H3,(H,19,21)(H,20,22). The zero-order chi connectivity index (χ0) is 17.0. The van der Waals surface area contributed by atoms with Crippen LogP contribution >= 0.6 is 34.2 Å². The van der Waals surface area contributed by atoms with Crippen molar-refractivity contribution in [2.75, 3.05) is 17.7 Å². The van der Waals surface area contributed by atoms with Crippen LogP contribution in [0.1, 0.15) is 17.3 Å². The number of rotatable bonds is 4. The third-order valence-electron chi connectivity index (χ3n) is 2.95. The molecule has 5 nitrogen and oxygen atoms in total. The summed E-state index contributed by atoms with van der Waals surface area (Å²) in [5, 5.41) is 6.03. The van der Waals surface area contributed by atoms with Gasteiger partial charge >= 0.3 is 0 Å². The normalized spacial score (nSPS) is 10.1. The van der Waals surface area contributed by atoms with Crippen LogP contribution in [0.25, 0.3) is 0 Å². The van der Waals surface area contributed by atoms with Gasteiger partial charge in [0.25, 0.3) is 5.91 Å². The molecule has 0 aliphatic rings. The number of anilines is 2. The van der Waals surface area contributed by atoms with Gasteiger partial charge in [-0.2, -0.15) is 0 Å². The van der Waals surface area contributed by atoms with Crippen molar-refractivity contribution in [2.24, 2.45) is 0 Å². The number of hydrogen-bond acceptors (Lipinski definition) is 3. The van der Waals surface area contributed by atoms with Gasteiger partial charge in [-0.05, 0) is 59.0 Å². The SMILES string of the molecule is COc1ccc(NC(=O)c2ccc(Cl)c(I)c2)cc1NC(C)=O. The molecule has 0 fully saturated rings. The number of ether oxygens (including phenoxy) is 1. The molecule has 0 heterocycles. The van der Waals surface area contributed by atoms with E-state index in [0.29, 0.717) is 27.7 Å². The van der Waals surface area contributed by atoms with Gasteiger partial charge in [-0.25, -0.2) is 0 Å². The van der Waals surface area contributed by atoms with Crippen LogP contribution in [0, 0.1) is 3.57 Å². The maximum Gasteiger partial charge on any atom is 0.255 e. The third kappa shape index (κ3) is 4.59. The van der Waals surface area contributed by atoms with Crippen molar-refractivity contribution >= 4 is 57.4 Å². The van der Waals surface area contributed by atoms with E-state index in [1.54, 1.807) is 36.4 Å². The summed E-state index contributed by atoms with van der Waals surface area (Å²) < 4.78 is 5.97. The molecule has 0 aliphatic carbocycles. The number of halogens is 2. The predicted molar refractivity (Wildman–Crippen MR) is 99.4 cm³/mol. The Bertz CT molecular complexity index is 765. The van der Waals surface area contributed by atoms with Crippen LogP contribution in [0.2, 0.25) is 5.02 Å². The number of amides is 2. The van der Waals surface area contributed by atoms with Crippen LogP contribution in [-0.4, -0.2) is 18.9 Å². The molecule has 23 heavy (non-hydrogen) atoms. The first-order chi connectivity index (χ1) is 10.9. The van der Waals surface area contributed by atoms with Crippen molar-refractivity contribution in [2.45, 2.75) is 6.92 Å². The number of nitrogens with one attached hydrogen (secondary N) is 2. The molecule has 0 aromatic heterocycles. The van der Waals surface area contributed by atoms with Crippen LogP contribution < -0.4 is 15.4 Å². The number of hydrogen-bond donors (Lipinski definition) is 2. The molecule has 7 heteroatoms. The van der Waals surface area contributed by atoms with Crippen molar-refractivity contribution in [1.82, 2.24) is 0 Å². The van der Waals surface area contributed by atoms with E-state index in [2.05, 4.69) is 33.2 Å². The van der Waals surface area contributed by atoms with E-state index in [4.69, 9.17) is 16.3 Å². The Morgan fingerprint density at radius 2 is 1.87 bits per heavy atom. The van der Waals surface area contributed by atoms with Crippen molar-refractivity contribution < 1.29 is 14.3 Å². The topological polar surface area (TPSA) is 67.4 Å². The summed E-state index contributed by atoms with van der Waals surface area (Å²) in [7, 11) is 1.51. The molecule has 0 aliphatic heterocycles. The monoisotopic (exact) mass is 444 g/mol. The molecule has 0 bridgehead atoms. The van der Waals surface area contributed by atoms with Crippen LogP contribution in [0.3, 0.4) is 0 Å². The number of methoxy groups -OCH3 is 1. The highest BCUT2D eigenvalue weighted by Gasteiger charge is 2.11. The Balaban J connectivity index is 2.23. The summed E-state index contributed by atoms with van der Waals surface area (Å²) in [6.07, 6.45) is 0. The van der Waals surface area contributed by atoms with Gasteiger partial charge in [0.1, 0.15) is 5.75 Å². The lowest BCUT2D eigenvalue weighted by molar-refractivity contribution is -0.114. The minimum Gasteiger partial charge on any atom is -0.495 e. The highest BCUT2D eigenvalue weighted by Crippen LogP contribution is 2.28. The Hall–Kier alpha value is -1.80. The maximum atomic E-state index is 12.3. The first-order valence-electron chi connectivity index (χ1n) is 6.62.